The van der Waals surface area contributed by atoms with Crippen LogP contribution in [0.5, 0.6) is 0 Å². The van der Waals surface area contributed by atoms with Crippen molar-refractivity contribution in [3.05, 3.63) is 0 Å². The van der Waals surface area contributed by atoms with Gasteiger partial charge in [0.1, 0.15) is 0 Å². The van der Waals surface area contributed by atoms with Crippen molar-refractivity contribution in [3.8, 4) is 0 Å². The van der Waals surface area contributed by atoms with Crippen molar-refractivity contribution in [1.82, 2.24) is 9.21 Å². The van der Waals surface area contributed by atoms with Gasteiger partial charge in [-0.3, -0.25) is 19.3 Å². The minimum absolute atomic E-state index is 0.0386. The van der Waals surface area contributed by atoms with Crippen LogP contribution in [-0.2, 0) is 24.4 Å². The molecule has 0 aromatic carbocycles. The van der Waals surface area contributed by atoms with E-state index in [4.69, 9.17) is 0 Å². The molecule has 0 aliphatic carbocycles. The molecule has 0 aromatic heterocycles. The Morgan fingerprint density at radius 3 is 1.35 bits per heavy atom. The number of carbonyl (C=O) groups excluding carboxylic acids is 3. The van der Waals surface area contributed by atoms with Crippen LogP contribution in [0.2, 0.25) is 0 Å². The first-order valence-electron chi connectivity index (χ1n) is 7.60. The fourth-order valence-electron chi connectivity index (χ4n) is 2.68. The van der Waals surface area contributed by atoms with Crippen molar-refractivity contribution < 1.29 is 22.8 Å². The van der Waals surface area contributed by atoms with Crippen LogP contribution < -0.4 is 0 Å². The summed E-state index contributed by atoms with van der Waals surface area (Å²) in [7, 11) is -3.31. The largest absolute Gasteiger partial charge is 0.277 e. The standard InChI is InChI=1S/C8H13NO2.C7H13NO3S/c1-8(2,3)9-6(10)4-5-7(9)11;1-7(2,3)8-6(9)4-5-12(8,10)11/h4-5H2,1-3H3;4-5H2,1-3H3. The molecule has 0 radical (unpaired) electrons. The van der Waals surface area contributed by atoms with Crippen molar-refractivity contribution in [2.75, 3.05) is 5.75 Å². The van der Waals surface area contributed by atoms with E-state index < -0.39 is 15.6 Å². The summed E-state index contributed by atoms with van der Waals surface area (Å²) in [5.41, 5.74) is -0.961. The molecule has 0 unspecified atom stereocenters. The summed E-state index contributed by atoms with van der Waals surface area (Å²) in [6.07, 6.45) is 0.895. The van der Waals surface area contributed by atoms with Crippen LogP contribution in [0.1, 0.15) is 60.8 Å². The third kappa shape index (κ3) is 4.53. The van der Waals surface area contributed by atoms with Crippen LogP contribution in [0.15, 0.2) is 0 Å². The van der Waals surface area contributed by atoms with Gasteiger partial charge in [0.25, 0.3) is 0 Å². The molecule has 0 atom stereocenters. The fourth-order valence-corrected chi connectivity index (χ4v) is 4.53. The lowest BCUT2D eigenvalue weighted by Gasteiger charge is -2.29. The second-order valence-corrected chi connectivity index (χ2v) is 9.63. The maximum Gasteiger partial charge on any atom is 0.238 e. The highest BCUT2D eigenvalue weighted by atomic mass is 32.2. The van der Waals surface area contributed by atoms with Crippen molar-refractivity contribution in [1.29, 1.82) is 0 Å². The lowest BCUT2D eigenvalue weighted by Crippen LogP contribution is -2.44. The first-order valence-corrected chi connectivity index (χ1v) is 9.20. The molecular formula is C15H26N2O5S. The van der Waals surface area contributed by atoms with E-state index in [-0.39, 0.29) is 35.4 Å². The van der Waals surface area contributed by atoms with E-state index in [1.807, 2.05) is 20.8 Å². The average Bonchev–Trinajstić information content (AvgIpc) is 2.77. The molecule has 2 aliphatic rings. The summed E-state index contributed by atoms with van der Waals surface area (Å²) in [5.74, 6) is -0.407. The lowest BCUT2D eigenvalue weighted by atomic mass is 10.1. The smallest absolute Gasteiger partial charge is 0.238 e. The third-order valence-corrected chi connectivity index (χ3v) is 5.44. The summed E-state index contributed by atoms with van der Waals surface area (Å²) >= 11 is 0. The maximum atomic E-state index is 11.3. The van der Waals surface area contributed by atoms with Gasteiger partial charge in [-0.25, -0.2) is 12.7 Å². The van der Waals surface area contributed by atoms with E-state index >= 15 is 0 Å². The van der Waals surface area contributed by atoms with Crippen LogP contribution in [0, 0.1) is 0 Å². The SMILES string of the molecule is CC(C)(C)N1C(=O)CCC1=O.CC(C)(C)N1C(=O)CCS1(=O)=O. The number of hydrogen-bond donors (Lipinski definition) is 0. The second kappa shape index (κ2) is 6.22. The zero-order chi connectivity index (χ0) is 18.2. The number of imide groups is 1. The molecule has 0 bridgehead atoms. The van der Waals surface area contributed by atoms with E-state index in [0.717, 1.165) is 4.31 Å². The zero-order valence-corrected chi connectivity index (χ0v) is 15.5. The Hall–Kier alpha value is -1.44. The molecule has 132 valence electrons. The summed E-state index contributed by atoms with van der Waals surface area (Å²) in [4.78, 5) is 34.8. The van der Waals surface area contributed by atoms with Gasteiger partial charge >= 0.3 is 0 Å². The molecule has 2 fully saturated rings. The van der Waals surface area contributed by atoms with Crippen molar-refractivity contribution in [2.24, 2.45) is 0 Å². The number of sulfonamides is 1. The highest BCUT2D eigenvalue weighted by Gasteiger charge is 2.42. The molecular weight excluding hydrogens is 320 g/mol. The predicted octanol–water partition coefficient (Wildman–Crippen LogP) is 1.28. The lowest BCUT2D eigenvalue weighted by molar-refractivity contribution is -0.143. The molecule has 23 heavy (non-hydrogen) atoms. The van der Waals surface area contributed by atoms with Crippen LogP contribution in [0.4, 0.5) is 0 Å². The van der Waals surface area contributed by atoms with Crippen molar-refractivity contribution >= 4 is 27.7 Å². The fraction of sp³-hybridized carbons (Fsp3) is 0.800. The average molecular weight is 346 g/mol. The Kier molecular flexibility index (Phi) is 5.30. The summed E-state index contributed by atoms with van der Waals surface area (Å²) in [6, 6.07) is 0. The number of likely N-dealkylation sites (tertiary alicyclic amines) is 1. The molecule has 2 rings (SSSR count). The molecule has 8 heteroatoms. The molecule has 2 aliphatic heterocycles. The Morgan fingerprint density at radius 2 is 1.17 bits per heavy atom. The van der Waals surface area contributed by atoms with Gasteiger partial charge in [-0.2, -0.15) is 0 Å². The normalized spacial score (nSPS) is 21.6. The van der Waals surface area contributed by atoms with Gasteiger partial charge < -0.3 is 0 Å². The van der Waals surface area contributed by atoms with E-state index in [1.54, 1.807) is 20.8 Å². The first-order chi connectivity index (χ1) is 10.2. The van der Waals surface area contributed by atoms with E-state index in [0.29, 0.717) is 12.8 Å². The van der Waals surface area contributed by atoms with Crippen molar-refractivity contribution in [3.63, 3.8) is 0 Å². The van der Waals surface area contributed by atoms with Gasteiger partial charge in [0, 0.05) is 24.8 Å². The van der Waals surface area contributed by atoms with E-state index in [1.165, 1.54) is 4.90 Å². The minimum Gasteiger partial charge on any atom is -0.277 e. The zero-order valence-electron chi connectivity index (χ0n) is 14.7. The van der Waals surface area contributed by atoms with E-state index in [9.17, 15) is 22.8 Å². The molecule has 0 N–H and O–H groups in total. The highest BCUT2D eigenvalue weighted by Crippen LogP contribution is 2.25. The summed E-state index contributed by atoms with van der Waals surface area (Å²) in [5, 5.41) is 0. The Labute approximate surface area is 138 Å². The Bertz CT molecular complexity index is 595. The third-order valence-electron chi connectivity index (χ3n) is 3.41. The van der Waals surface area contributed by atoms with Crippen LogP contribution in [-0.4, -0.2) is 52.2 Å². The highest BCUT2D eigenvalue weighted by molar-refractivity contribution is 7.90. The molecule has 7 nitrogen and oxygen atoms in total. The quantitative estimate of drug-likeness (QED) is 0.616. The van der Waals surface area contributed by atoms with Gasteiger partial charge in [-0.05, 0) is 41.5 Å². The summed E-state index contributed by atoms with van der Waals surface area (Å²) < 4.78 is 23.6. The van der Waals surface area contributed by atoms with Gasteiger partial charge in [-0.15, -0.1) is 0 Å². The van der Waals surface area contributed by atoms with Gasteiger partial charge in [0.05, 0.1) is 11.3 Å². The second-order valence-electron chi connectivity index (χ2n) is 7.69. The number of amides is 3. The van der Waals surface area contributed by atoms with Crippen LogP contribution in [0.3, 0.4) is 0 Å². The molecule has 2 heterocycles. The first kappa shape index (κ1) is 19.6. The molecule has 2 saturated heterocycles. The summed E-state index contributed by atoms with van der Waals surface area (Å²) in [6.45, 7) is 10.8. The Balaban J connectivity index is 0.000000231. The number of carbonyl (C=O) groups is 3. The minimum atomic E-state index is -3.31. The molecule has 0 aromatic rings. The van der Waals surface area contributed by atoms with Gasteiger partial charge in [-0.1, -0.05) is 0 Å². The van der Waals surface area contributed by atoms with Crippen molar-refractivity contribution in [2.45, 2.75) is 71.9 Å². The predicted molar refractivity (Wildman–Crippen MR) is 85.8 cm³/mol. The molecule has 0 saturated carbocycles. The monoisotopic (exact) mass is 346 g/mol. The maximum absolute atomic E-state index is 11.3. The Morgan fingerprint density at radius 1 is 0.739 bits per heavy atom. The molecule has 0 spiro atoms. The number of nitrogens with zero attached hydrogens (tertiary/aromatic N) is 2. The number of rotatable bonds is 0. The molecule has 3 amide bonds. The number of hydrogen-bond acceptors (Lipinski definition) is 5. The topological polar surface area (TPSA) is 91.8 Å². The van der Waals surface area contributed by atoms with E-state index in [2.05, 4.69) is 0 Å². The van der Waals surface area contributed by atoms with Crippen LogP contribution in [0.25, 0.3) is 0 Å². The van der Waals surface area contributed by atoms with Gasteiger partial charge in [0.15, 0.2) is 0 Å². The van der Waals surface area contributed by atoms with Gasteiger partial charge in [0.2, 0.25) is 27.7 Å². The van der Waals surface area contributed by atoms with Crippen LogP contribution >= 0.6 is 0 Å².